The van der Waals surface area contributed by atoms with Crippen LogP contribution >= 0.6 is 15.9 Å². The summed E-state index contributed by atoms with van der Waals surface area (Å²) in [5.74, 6) is 0.0935. The molecular formula is C20H31BrN4O4S. The molecule has 1 aromatic rings. The fourth-order valence-electron chi connectivity index (χ4n) is 3.82. The third-order valence-electron chi connectivity index (χ3n) is 5.74. The molecule has 30 heavy (non-hydrogen) atoms. The summed E-state index contributed by atoms with van der Waals surface area (Å²) in [5, 5.41) is 0. The van der Waals surface area contributed by atoms with Gasteiger partial charge in [0, 0.05) is 18.5 Å². The number of aromatic nitrogens is 2. The first-order valence-electron chi connectivity index (χ1n) is 10.3. The lowest BCUT2D eigenvalue weighted by Crippen LogP contribution is -2.53. The van der Waals surface area contributed by atoms with Crippen LogP contribution in [0.4, 0.5) is 5.82 Å². The number of ether oxygens (including phenoxy) is 2. The van der Waals surface area contributed by atoms with E-state index in [0.29, 0.717) is 36.7 Å². The zero-order chi connectivity index (χ0) is 22.1. The van der Waals surface area contributed by atoms with Gasteiger partial charge in [-0.2, -0.15) is 0 Å². The van der Waals surface area contributed by atoms with E-state index in [4.69, 9.17) is 9.47 Å². The fourth-order valence-corrected chi connectivity index (χ4v) is 5.02. The molecule has 0 amide bonds. The summed E-state index contributed by atoms with van der Waals surface area (Å²) in [5.41, 5.74) is 0.887. The van der Waals surface area contributed by atoms with E-state index in [1.165, 1.54) is 0 Å². The lowest BCUT2D eigenvalue weighted by Gasteiger charge is -2.43. The van der Waals surface area contributed by atoms with Crippen LogP contribution < -0.4 is 9.62 Å². The van der Waals surface area contributed by atoms with Crippen LogP contribution in [0.15, 0.2) is 4.60 Å². The molecule has 2 unspecified atom stereocenters. The lowest BCUT2D eigenvalue weighted by atomic mass is 9.75. The minimum absolute atomic E-state index is 0.0435. The van der Waals surface area contributed by atoms with Crippen LogP contribution in [0.25, 0.3) is 0 Å². The molecule has 8 nitrogen and oxygen atoms in total. The second-order valence-electron chi connectivity index (χ2n) is 8.91. The number of esters is 1. The van der Waals surface area contributed by atoms with Gasteiger partial charge in [-0.15, -0.1) is 0 Å². The van der Waals surface area contributed by atoms with E-state index in [0.717, 1.165) is 18.5 Å². The van der Waals surface area contributed by atoms with Gasteiger partial charge in [-0.3, -0.25) is 0 Å². The molecule has 0 saturated carbocycles. The van der Waals surface area contributed by atoms with E-state index in [9.17, 15) is 9.00 Å². The summed E-state index contributed by atoms with van der Waals surface area (Å²) < 4.78 is 27.2. The van der Waals surface area contributed by atoms with Gasteiger partial charge in [0.25, 0.3) is 0 Å². The van der Waals surface area contributed by atoms with Crippen molar-refractivity contribution >= 4 is 38.7 Å². The van der Waals surface area contributed by atoms with Crippen molar-refractivity contribution in [2.45, 2.75) is 58.2 Å². The molecule has 168 valence electrons. The molecule has 1 spiro atoms. The van der Waals surface area contributed by atoms with Crippen molar-refractivity contribution in [3.8, 4) is 0 Å². The van der Waals surface area contributed by atoms with Crippen molar-refractivity contribution in [1.29, 1.82) is 0 Å². The predicted octanol–water partition coefficient (Wildman–Crippen LogP) is 2.76. The van der Waals surface area contributed by atoms with E-state index >= 15 is 0 Å². The maximum absolute atomic E-state index is 12.6. The van der Waals surface area contributed by atoms with Gasteiger partial charge >= 0.3 is 5.97 Å². The van der Waals surface area contributed by atoms with Crippen LogP contribution in [-0.4, -0.2) is 63.8 Å². The molecule has 3 heterocycles. The van der Waals surface area contributed by atoms with Crippen molar-refractivity contribution < 1.29 is 18.5 Å². The molecule has 2 fully saturated rings. The van der Waals surface area contributed by atoms with Crippen molar-refractivity contribution in [2.75, 3.05) is 37.8 Å². The molecular weight excluding hydrogens is 472 g/mol. The highest BCUT2D eigenvalue weighted by atomic mass is 79.9. The Morgan fingerprint density at radius 3 is 2.63 bits per heavy atom. The summed E-state index contributed by atoms with van der Waals surface area (Å²) in [6.45, 7) is 12.4. The Morgan fingerprint density at radius 1 is 1.37 bits per heavy atom. The standard InChI is InChI=1S/C20H31BrN4O4S/c1-6-29-18(26)15-17(22-13(2)16(21)23-15)25-9-7-20(8-10-25)12-28-11-14(20)24-30(27)19(3,4)5/h14,24H,6-12H2,1-5H3. The average Bonchev–Trinajstić information content (AvgIpc) is 3.05. The number of piperidine rings is 1. The maximum Gasteiger partial charge on any atom is 0.360 e. The lowest BCUT2D eigenvalue weighted by molar-refractivity contribution is 0.0519. The molecule has 2 atom stereocenters. The van der Waals surface area contributed by atoms with E-state index in [1.54, 1.807) is 6.92 Å². The van der Waals surface area contributed by atoms with E-state index in [2.05, 4.69) is 35.5 Å². The highest BCUT2D eigenvalue weighted by Gasteiger charge is 2.47. The van der Waals surface area contributed by atoms with Crippen LogP contribution in [0.5, 0.6) is 0 Å². The average molecular weight is 503 g/mol. The van der Waals surface area contributed by atoms with Gasteiger partial charge < -0.3 is 14.4 Å². The summed E-state index contributed by atoms with van der Waals surface area (Å²) in [4.78, 5) is 23.6. The Kier molecular flexibility index (Phi) is 7.21. The summed E-state index contributed by atoms with van der Waals surface area (Å²) in [7, 11) is -1.15. The van der Waals surface area contributed by atoms with Gasteiger partial charge in [0.05, 0.1) is 47.3 Å². The number of hydrogen-bond donors (Lipinski definition) is 1. The Morgan fingerprint density at radius 2 is 2.03 bits per heavy atom. The zero-order valence-electron chi connectivity index (χ0n) is 18.3. The number of anilines is 1. The molecule has 3 rings (SSSR count). The predicted molar refractivity (Wildman–Crippen MR) is 120 cm³/mol. The number of aryl methyl sites for hydroxylation is 1. The monoisotopic (exact) mass is 502 g/mol. The van der Waals surface area contributed by atoms with Gasteiger partial charge in [-0.25, -0.2) is 23.7 Å². The van der Waals surface area contributed by atoms with Gasteiger partial charge in [-0.1, -0.05) is 0 Å². The maximum atomic E-state index is 12.6. The highest BCUT2D eigenvalue weighted by Crippen LogP contribution is 2.41. The van der Waals surface area contributed by atoms with E-state index in [1.807, 2.05) is 27.7 Å². The van der Waals surface area contributed by atoms with Crippen LogP contribution in [0.1, 0.15) is 56.7 Å². The summed E-state index contributed by atoms with van der Waals surface area (Å²) >= 11 is 3.37. The van der Waals surface area contributed by atoms with Gasteiger partial charge in [0.15, 0.2) is 11.5 Å². The third kappa shape index (κ3) is 4.87. The smallest absolute Gasteiger partial charge is 0.360 e. The normalized spacial score (nSPS) is 22.3. The molecule has 10 heteroatoms. The molecule has 2 saturated heterocycles. The number of hydrogen-bond acceptors (Lipinski definition) is 7. The van der Waals surface area contributed by atoms with Crippen LogP contribution in [0, 0.1) is 12.3 Å². The topological polar surface area (TPSA) is 93.7 Å². The molecule has 1 N–H and O–H groups in total. The Balaban J connectivity index is 1.77. The van der Waals surface area contributed by atoms with Crippen molar-refractivity contribution in [3.05, 3.63) is 16.0 Å². The molecule has 0 aliphatic carbocycles. The molecule has 0 aromatic carbocycles. The third-order valence-corrected chi connectivity index (χ3v) is 8.10. The number of carbonyl (C=O) groups excluding carboxylic acids is 1. The van der Waals surface area contributed by atoms with E-state index < -0.39 is 17.0 Å². The molecule has 2 aliphatic heterocycles. The fraction of sp³-hybridized carbons (Fsp3) is 0.750. The van der Waals surface area contributed by atoms with E-state index in [-0.39, 0.29) is 28.5 Å². The Hall–Kier alpha value is -1.10. The molecule has 2 aliphatic rings. The minimum atomic E-state index is -1.15. The minimum Gasteiger partial charge on any atom is -0.461 e. The number of nitrogens with zero attached hydrogens (tertiary/aromatic N) is 3. The second kappa shape index (κ2) is 9.18. The number of rotatable bonds is 5. The van der Waals surface area contributed by atoms with Crippen molar-refractivity contribution in [3.63, 3.8) is 0 Å². The molecule has 0 radical (unpaired) electrons. The van der Waals surface area contributed by atoms with Crippen LogP contribution in [0.2, 0.25) is 0 Å². The number of carbonyl (C=O) groups is 1. The molecule has 0 bridgehead atoms. The Bertz CT molecular complexity index is 822. The highest BCUT2D eigenvalue weighted by molar-refractivity contribution is 9.10. The SMILES string of the molecule is CCOC(=O)c1nc(Br)c(C)nc1N1CCC2(CC1)COCC2NS(=O)C(C)(C)C. The summed E-state index contributed by atoms with van der Waals surface area (Å²) in [6, 6.07) is 0.0435. The van der Waals surface area contributed by atoms with Crippen LogP contribution in [-0.2, 0) is 20.5 Å². The quantitative estimate of drug-likeness (QED) is 0.618. The summed E-state index contributed by atoms with van der Waals surface area (Å²) in [6.07, 6.45) is 1.70. The van der Waals surface area contributed by atoms with Crippen molar-refractivity contribution in [1.82, 2.24) is 14.7 Å². The van der Waals surface area contributed by atoms with Gasteiger partial charge in [-0.05, 0) is 63.4 Å². The first kappa shape index (κ1) is 23.6. The van der Waals surface area contributed by atoms with Crippen molar-refractivity contribution in [2.24, 2.45) is 5.41 Å². The first-order valence-corrected chi connectivity index (χ1v) is 12.2. The first-order chi connectivity index (χ1) is 14.1. The van der Waals surface area contributed by atoms with Gasteiger partial charge in [0.2, 0.25) is 0 Å². The Labute approximate surface area is 189 Å². The number of halogens is 1. The second-order valence-corrected chi connectivity index (χ2v) is 11.7. The number of nitrogens with one attached hydrogen (secondary N) is 1. The zero-order valence-corrected chi connectivity index (χ0v) is 20.7. The molecule has 1 aromatic heterocycles. The van der Waals surface area contributed by atoms with Gasteiger partial charge in [0.1, 0.15) is 4.60 Å². The van der Waals surface area contributed by atoms with Crippen LogP contribution in [0.3, 0.4) is 0 Å². The largest absolute Gasteiger partial charge is 0.461 e.